The summed E-state index contributed by atoms with van der Waals surface area (Å²) in [5, 5.41) is 11.6. The highest BCUT2D eigenvalue weighted by molar-refractivity contribution is 8.27. The van der Waals surface area contributed by atoms with Gasteiger partial charge in [-0.2, -0.15) is 0 Å². The molecule has 1 aromatic heterocycles. The summed E-state index contributed by atoms with van der Waals surface area (Å²) in [6, 6.07) is 12.6. The van der Waals surface area contributed by atoms with Crippen LogP contribution in [0, 0.1) is 10.1 Å². The standard InChI is InChI=1S/C23H15Cl2N3O5S2/c1-2-32-19-9-13(3-7-18(19)33-21-8-5-15(12-26-21)28(30)31)10-20-22(29)27(23(34)35-20)17-6-4-14(24)11-16(17)25/h3-12H,2H2,1H3/b20-10+. The lowest BCUT2D eigenvalue weighted by molar-refractivity contribution is -0.385. The van der Waals surface area contributed by atoms with Crippen LogP contribution in [0.4, 0.5) is 11.4 Å². The summed E-state index contributed by atoms with van der Waals surface area (Å²) in [4.78, 5) is 29.1. The zero-order chi connectivity index (χ0) is 25.1. The van der Waals surface area contributed by atoms with Crippen molar-refractivity contribution in [3.05, 3.63) is 85.4 Å². The van der Waals surface area contributed by atoms with E-state index in [1.807, 2.05) is 6.92 Å². The molecule has 1 aliphatic heterocycles. The number of amides is 1. The molecule has 35 heavy (non-hydrogen) atoms. The van der Waals surface area contributed by atoms with Crippen LogP contribution in [0.3, 0.4) is 0 Å². The van der Waals surface area contributed by atoms with Crippen molar-refractivity contribution >= 4 is 74.9 Å². The Balaban J connectivity index is 1.59. The summed E-state index contributed by atoms with van der Waals surface area (Å²) in [6.45, 7) is 2.19. The average molecular weight is 548 g/mol. The van der Waals surface area contributed by atoms with Crippen molar-refractivity contribution < 1.29 is 19.2 Å². The van der Waals surface area contributed by atoms with Crippen molar-refractivity contribution in [3.63, 3.8) is 0 Å². The SMILES string of the molecule is CCOc1cc(/C=C2/SC(=S)N(c3ccc(Cl)cc3Cl)C2=O)ccc1Oc1ccc([N+](=O)[O-])cn1. The van der Waals surface area contributed by atoms with Gasteiger partial charge in [-0.1, -0.05) is 53.2 Å². The molecule has 1 saturated heterocycles. The number of aromatic nitrogens is 1. The maximum Gasteiger partial charge on any atom is 0.287 e. The topological polar surface area (TPSA) is 94.8 Å². The molecule has 1 amide bonds. The van der Waals surface area contributed by atoms with Crippen LogP contribution in [0.5, 0.6) is 17.4 Å². The molecule has 2 heterocycles. The van der Waals surface area contributed by atoms with Gasteiger partial charge in [-0.25, -0.2) is 4.98 Å². The molecule has 2 aromatic carbocycles. The van der Waals surface area contributed by atoms with Crippen LogP contribution in [0.2, 0.25) is 10.0 Å². The highest BCUT2D eigenvalue weighted by Crippen LogP contribution is 2.40. The quantitative estimate of drug-likeness (QED) is 0.136. The zero-order valence-electron chi connectivity index (χ0n) is 17.9. The van der Waals surface area contributed by atoms with Crippen molar-refractivity contribution in [2.45, 2.75) is 6.92 Å². The van der Waals surface area contributed by atoms with Gasteiger partial charge in [-0.15, -0.1) is 0 Å². The maximum atomic E-state index is 13.1. The van der Waals surface area contributed by atoms with Crippen molar-refractivity contribution in [1.82, 2.24) is 4.98 Å². The minimum atomic E-state index is -0.541. The van der Waals surface area contributed by atoms with Crippen molar-refractivity contribution in [3.8, 4) is 17.4 Å². The smallest absolute Gasteiger partial charge is 0.287 e. The Morgan fingerprint density at radius 1 is 1.17 bits per heavy atom. The highest BCUT2D eigenvalue weighted by atomic mass is 35.5. The molecule has 0 bridgehead atoms. The lowest BCUT2D eigenvalue weighted by Crippen LogP contribution is -2.27. The van der Waals surface area contributed by atoms with E-state index in [0.717, 1.165) is 18.0 Å². The van der Waals surface area contributed by atoms with Crippen LogP contribution >= 0.6 is 47.2 Å². The number of thioether (sulfide) groups is 1. The van der Waals surface area contributed by atoms with Crippen LogP contribution in [0.1, 0.15) is 12.5 Å². The fourth-order valence-electron chi connectivity index (χ4n) is 3.11. The summed E-state index contributed by atoms with van der Waals surface area (Å²) >= 11 is 18.8. The highest BCUT2D eigenvalue weighted by Gasteiger charge is 2.34. The second kappa shape index (κ2) is 10.6. The number of nitrogens with zero attached hydrogens (tertiary/aromatic N) is 3. The molecule has 1 fully saturated rings. The monoisotopic (exact) mass is 547 g/mol. The number of halogens is 2. The molecule has 0 atom stereocenters. The molecule has 3 aromatic rings. The first kappa shape index (κ1) is 24.9. The number of carbonyl (C=O) groups is 1. The lowest BCUT2D eigenvalue weighted by Gasteiger charge is -2.16. The first-order valence-electron chi connectivity index (χ1n) is 10.0. The molecule has 8 nitrogen and oxygen atoms in total. The molecule has 178 valence electrons. The van der Waals surface area contributed by atoms with Crippen molar-refractivity contribution in [2.75, 3.05) is 11.5 Å². The maximum absolute atomic E-state index is 13.1. The van der Waals surface area contributed by atoms with Gasteiger partial charge in [0.05, 0.1) is 27.1 Å². The third-order valence-electron chi connectivity index (χ3n) is 4.66. The number of anilines is 1. The van der Waals surface area contributed by atoms with Gasteiger partial charge in [-0.3, -0.25) is 19.8 Å². The normalized spacial score (nSPS) is 14.5. The van der Waals surface area contributed by atoms with Gasteiger partial charge in [-0.05, 0) is 48.9 Å². The van der Waals surface area contributed by atoms with Crippen LogP contribution in [0.15, 0.2) is 59.6 Å². The second-order valence-electron chi connectivity index (χ2n) is 6.97. The van der Waals surface area contributed by atoms with Crippen LogP contribution in [-0.4, -0.2) is 26.7 Å². The Morgan fingerprint density at radius 2 is 1.97 bits per heavy atom. The Bertz CT molecular complexity index is 1370. The van der Waals surface area contributed by atoms with Gasteiger partial charge in [0.1, 0.15) is 6.20 Å². The minimum Gasteiger partial charge on any atom is -0.490 e. The number of pyridine rings is 1. The molecular weight excluding hydrogens is 533 g/mol. The fourth-order valence-corrected chi connectivity index (χ4v) is 4.89. The van der Waals surface area contributed by atoms with E-state index in [2.05, 4.69) is 4.98 Å². The van der Waals surface area contributed by atoms with Gasteiger partial charge in [0.2, 0.25) is 5.88 Å². The molecule has 0 spiro atoms. The predicted octanol–water partition coefficient (Wildman–Crippen LogP) is 6.89. The molecule has 0 saturated carbocycles. The van der Waals surface area contributed by atoms with E-state index in [1.165, 1.54) is 17.0 Å². The van der Waals surface area contributed by atoms with E-state index in [4.69, 9.17) is 44.9 Å². The van der Waals surface area contributed by atoms with Gasteiger partial charge in [0, 0.05) is 17.2 Å². The summed E-state index contributed by atoms with van der Waals surface area (Å²) in [7, 11) is 0. The molecular formula is C23H15Cl2N3O5S2. The van der Waals surface area contributed by atoms with E-state index >= 15 is 0 Å². The number of hydrogen-bond acceptors (Lipinski definition) is 8. The molecule has 12 heteroatoms. The fraction of sp³-hybridized carbons (Fsp3) is 0.0870. The van der Waals surface area contributed by atoms with Crippen LogP contribution in [-0.2, 0) is 4.79 Å². The summed E-state index contributed by atoms with van der Waals surface area (Å²) in [5.41, 5.74) is 0.992. The van der Waals surface area contributed by atoms with Gasteiger partial charge < -0.3 is 9.47 Å². The van der Waals surface area contributed by atoms with E-state index in [9.17, 15) is 14.9 Å². The number of thiocarbonyl (C=S) groups is 1. The molecule has 0 radical (unpaired) electrons. The number of hydrogen-bond donors (Lipinski definition) is 0. The van der Waals surface area contributed by atoms with Crippen LogP contribution < -0.4 is 14.4 Å². The third-order valence-corrected chi connectivity index (χ3v) is 6.50. The first-order chi connectivity index (χ1) is 16.8. The average Bonchev–Trinajstić information content (AvgIpc) is 3.09. The zero-order valence-corrected chi connectivity index (χ0v) is 21.1. The number of benzene rings is 2. The van der Waals surface area contributed by atoms with Crippen molar-refractivity contribution in [1.29, 1.82) is 0 Å². The lowest BCUT2D eigenvalue weighted by atomic mass is 10.1. The van der Waals surface area contributed by atoms with E-state index in [1.54, 1.807) is 42.5 Å². The van der Waals surface area contributed by atoms with Gasteiger partial charge in [0.15, 0.2) is 15.8 Å². The van der Waals surface area contributed by atoms with E-state index in [0.29, 0.717) is 48.6 Å². The number of rotatable bonds is 7. The first-order valence-corrected chi connectivity index (χ1v) is 12.0. The van der Waals surface area contributed by atoms with Gasteiger partial charge >= 0.3 is 0 Å². The number of nitro groups is 1. The predicted molar refractivity (Wildman–Crippen MR) is 141 cm³/mol. The second-order valence-corrected chi connectivity index (χ2v) is 9.49. The minimum absolute atomic E-state index is 0.144. The molecule has 4 rings (SSSR count). The number of carbonyl (C=O) groups excluding carboxylic acids is 1. The summed E-state index contributed by atoms with van der Waals surface area (Å²) < 4.78 is 11.8. The molecule has 0 aliphatic carbocycles. The molecule has 0 N–H and O–H groups in total. The summed E-state index contributed by atoms with van der Waals surface area (Å²) in [6.07, 6.45) is 2.80. The Hall–Kier alpha value is -3.18. The third kappa shape index (κ3) is 5.57. The van der Waals surface area contributed by atoms with E-state index in [-0.39, 0.29) is 17.5 Å². The Morgan fingerprint density at radius 3 is 2.63 bits per heavy atom. The number of ether oxygens (including phenoxy) is 2. The molecule has 1 aliphatic rings. The van der Waals surface area contributed by atoms with Crippen molar-refractivity contribution in [2.24, 2.45) is 0 Å². The molecule has 0 unspecified atom stereocenters. The van der Waals surface area contributed by atoms with Gasteiger partial charge in [0.25, 0.3) is 11.6 Å². The van der Waals surface area contributed by atoms with E-state index < -0.39 is 4.92 Å². The Kier molecular flexibility index (Phi) is 7.56. The Labute approximate surface area is 219 Å². The van der Waals surface area contributed by atoms with Crippen LogP contribution in [0.25, 0.3) is 6.08 Å². The largest absolute Gasteiger partial charge is 0.490 e. The summed E-state index contributed by atoms with van der Waals surface area (Å²) in [5.74, 6) is 0.645.